The zero-order chi connectivity index (χ0) is 31.6. The maximum absolute atomic E-state index is 13.7. The van der Waals surface area contributed by atoms with Crippen molar-refractivity contribution in [1.29, 1.82) is 5.26 Å². The Morgan fingerprint density at radius 2 is 1.89 bits per heavy atom. The van der Waals surface area contributed by atoms with Gasteiger partial charge in [-0.2, -0.15) is 5.26 Å². The van der Waals surface area contributed by atoms with E-state index in [4.69, 9.17) is 9.47 Å². The van der Waals surface area contributed by atoms with Gasteiger partial charge < -0.3 is 29.6 Å². The number of nitrogens with zero attached hydrogens (tertiary/aromatic N) is 4. The number of hydrogen-bond donors (Lipinski definition) is 2. The summed E-state index contributed by atoms with van der Waals surface area (Å²) < 4.78 is 13.5. The van der Waals surface area contributed by atoms with Crippen molar-refractivity contribution in [3.8, 4) is 29.0 Å². The van der Waals surface area contributed by atoms with Gasteiger partial charge in [0.15, 0.2) is 11.5 Å². The minimum absolute atomic E-state index is 0.161. The Balaban J connectivity index is 1.45. The lowest BCUT2D eigenvalue weighted by atomic mass is 10.0. The van der Waals surface area contributed by atoms with Gasteiger partial charge in [-0.05, 0) is 42.3 Å². The van der Waals surface area contributed by atoms with E-state index in [1.165, 1.54) is 4.90 Å². The zero-order valence-corrected chi connectivity index (χ0v) is 24.9. The molecule has 2 N–H and O–H groups in total. The standard InChI is InChI=1S/C34H34N6O5/c1-44-29-13-12-25-21-30(29)45-19-7-16-40(34(43)27-11-6-5-10-26(27)22-35)23-31(41)38-28(20-24-8-3-2-4-9-24)33(42)37-15-18-39-17-14-36-32(25)39/h2-6,8-14,17,21,28H,7,15-16,18-20,23H2,1H3,(H,37,42)(H,38,41)/t28-/m0/s1. The average Bonchev–Trinajstić information content (AvgIpc) is 3.54. The van der Waals surface area contributed by atoms with Crippen LogP contribution in [0, 0.1) is 11.3 Å². The van der Waals surface area contributed by atoms with Crippen LogP contribution in [0.15, 0.2) is 85.2 Å². The minimum atomic E-state index is -0.878. The molecule has 11 nitrogen and oxygen atoms in total. The molecule has 1 aliphatic rings. The lowest BCUT2D eigenvalue weighted by Gasteiger charge is -2.25. The molecule has 11 heteroatoms. The Labute approximate surface area is 261 Å². The number of benzene rings is 3. The van der Waals surface area contributed by atoms with Gasteiger partial charge in [-0.1, -0.05) is 42.5 Å². The molecule has 1 aliphatic heterocycles. The van der Waals surface area contributed by atoms with E-state index in [-0.39, 0.29) is 43.2 Å². The molecule has 2 heterocycles. The lowest BCUT2D eigenvalue weighted by Crippen LogP contribution is -2.51. The smallest absolute Gasteiger partial charge is 0.255 e. The Bertz CT molecular complexity index is 1700. The number of nitrogens with one attached hydrogen (secondary N) is 2. The van der Waals surface area contributed by atoms with E-state index in [1.807, 2.05) is 59.3 Å². The second-order valence-corrected chi connectivity index (χ2v) is 10.5. The molecule has 0 fully saturated rings. The molecule has 4 aromatic rings. The summed E-state index contributed by atoms with van der Waals surface area (Å²) in [5, 5.41) is 15.4. The topological polar surface area (TPSA) is 139 Å². The molecule has 0 saturated heterocycles. The maximum atomic E-state index is 13.7. The van der Waals surface area contributed by atoms with Gasteiger partial charge in [-0.25, -0.2) is 4.98 Å². The monoisotopic (exact) mass is 606 g/mol. The zero-order valence-electron chi connectivity index (χ0n) is 24.9. The van der Waals surface area contributed by atoms with Crippen molar-refractivity contribution in [2.45, 2.75) is 25.4 Å². The van der Waals surface area contributed by atoms with Crippen LogP contribution in [-0.4, -0.2) is 71.6 Å². The van der Waals surface area contributed by atoms with Gasteiger partial charge in [0.2, 0.25) is 11.8 Å². The molecular weight excluding hydrogens is 572 g/mol. The van der Waals surface area contributed by atoms with Crippen molar-refractivity contribution >= 4 is 17.7 Å². The maximum Gasteiger partial charge on any atom is 0.255 e. The van der Waals surface area contributed by atoms with E-state index in [1.54, 1.807) is 43.6 Å². The number of carbonyl (C=O) groups is 3. The van der Waals surface area contributed by atoms with Crippen LogP contribution >= 0.6 is 0 Å². The van der Waals surface area contributed by atoms with Crippen LogP contribution in [-0.2, 0) is 22.6 Å². The number of fused-ring (bicyclic) bond motifs is 4. The fraction of sp³-hybridized carbons (Fsp3) is 0.265. The quantitative estimate of drug-likeness (QED) is 0.364. The van der Waals surface area contributed by atoms with Gasteiger partial charge in [-0.15, -0.1) is 0 Å². The van der Waals surface area contributed by atoms with Crippen LogP contribution in [0.1, 0.15) is 27.9 Å². The predicted octanol–water partition coefficient (Wildman–Crippen LogP) is 3.20. The van der Waals surface area contributed by atoms with Crippen molar-refractivity contribution in [2.75, 3.05) is 33.4 Å². The second-order valence-electron chi connectivity index (χ2n) is 10.5. The number of ether oxygens (including phenoxy) is 2. The highest BCUT2D eigenvalue weighted by molar-refractivity contribution is 5.99. The van der Waals surface area contributed by atoms with Gasteiger partial charge in [0.1, 0.15) is 11.9 Å². The molecular formula is C34H34N6O5. The summed E-state index contributed by atoms with van der Waals surface area (Å²) in [5.41, 5.74) is 2.09. The van der Waals surface area contributed by atoms with Crippen molar-refractivity contribution < 1.29 is 23.9 Å². The summed E-state index contributed by atoms with van der Waals surface area (Å²) in [4.78, 5) is 46.4. The van der Waals surface area contributed by atoms with Crippen molar-refractivity contribution in [3.63, 3.8) is 0 Å². The summed E-state index contributed by atoms with van der Waals surface area (Å²) in [6.07, 6.45) is 4.18. The average molecular weight is 607 g/mol. The number of rotatable bonds is 4. The molecule has 0 aliphatic carbocycles. The number of nitriles is 1. The van der Waals surface area contributed by atoms with Crippen LogP contribution in [0.3, 0.4) is 0 Å². The van der Waals surface area contributed by atoms with E-state index >= 15 is 0 Å². The first-order valence-corrected chi connectivity index (χ1v) is 14.7. The molecule has 3 aromatic carbocycles. The minimum Gasteiger partial charge on any atom is -0.493 e. The molecule has 1 atom stereocenters. The van der Waals surface area contributed by atoms with Crippen LogP contribution in [0.4, 0.5) is 0 Å². The molecule has 0 spiro atoms. The third-order valence-electron chi connectivity index (χ3n) is 7.45. The first kappa shape index (κ1) is 30.8. The molecule has 0 saturated carbocycles. The molecule has 45 heavy (non-hydrogen) atoms. The van der Waals surface area contributed by atoms with Gasteiger partial charge in [-0.3, -0.25) is 14.4 Å². The third-order valence-corrected chi connectivity index (χ3v) is 7.45. The lowest BCUT2D eigenvalue weighted by molar-refractivity contribution is -0.129. The highest BCUT2D eigenvalue weighted by Gasteiger charge is 2.26. The molecule has 0 radical (unpaired) electrons. The first-order chi connectivity index (χ1) is 22.0. The number of carbonyl (C=O) groups excluding carboxylic acids is 3. The number of amides is 3. The van der Waals surface area contributed by atoms with E-state index < -0.39 is 17.9 Å². The van der Waals surface area contributed by atoms with Gasteiger partial charge in [0.25, 0.3) is 5.91 Å². The molecule has 1 aromatic heterocycles. The first-order valence-electron chi connectivity index (χ1n) is 14.7. The van der Waals surface area contributed by atoms with E-state index in [2.05, 4.69) is 15.6 Å². The van der Waals surface area contributed by atoms with E-state index in [0.717, 1.165) is 11.1 Å². The summed E-state index contributed by atoms with van der Waals surface area (Å²) in [6.45, 7) is 0.801. The van der Waals surface area contributed by atoms with E-state index in [9.17, 15) is 19.6 Å². The fourth-order valence-electron chi connectivity index (χ4n) is 5.20. The Kier molecular flexibility index (Phi) is 10.1. The molecule has 230 valence electrons. The summed E-state index contributed by atoms with van der Waals surface area (Å²) >= 11 is 0. The second kappa shape index (κ2) is 14.7. The van der Waals surface area contributed by atoms with Crippen LogP contribution < -0.4 is 20.1 Å². The molecule has 3 amide bonds. The highest BCUT2D eigenvalue weighted by atomic mass is 16.5. The van der Waals surface area contributed by atoms with Crippen molar-refractivity contribution in [1.82, 2.24) is 25.1 Å². The summed E-state index contributed by atoms with van der Waals surface area (Å²) in [5.74, 6) is 0.434. The summed E-state index contributed by atoms with van der Waals surface area (Å²) in [7, 11) is 1.56. The Morgan fingerprint density at radius 1 is 1.09 bits per heavy atom. The van der Waals surface area contributed by atoms with Crippen LogP contribution in [0.5, 0.6) is 11.5 Å². The SMILES string of the molecule is COc1ccc2cc1OCCCN(C(=O)c1ccccc1C#N)CC(=O)N[C@@H](Cc1ccccc1)C(=O)NCCn1ccnc1-2. The van der Waals surface area contributed by atoms with Gasteiger partial charge >= 0.3 is 0 Å². The Hall–Kier alpha value is -5.63. The predicted molar refractivity (Wildman–Crippen MR) is 166 cm³/mol. The fourth-order valence-corrected chi connectivity index (χ4v) is 5.20. The third kappa shape index (κ3) is 7.67. The molecule has 2 bridgehead atoms. The highest BCUT2D eigenvalue weighted by Crippen LogP contribution is 2.32. The van der Waals surface area contributed by atoms with Crippen molar-refractivity contribution in [2.24, 2.45) is 0 Å². The number of imidazole rings is 1. The number of aromatic nitrogens is 2. The molecule has 0 unspecified atom stereocenters. The van der Waals surface area contributed by atoms with Crippen molar-refractivity contribution in [3.05, 3.63) is 102 Å². The number of methoxy groups -OCH3 is 1. The van der Waals surface area contributed by atoms with Gasteiger partial charge in [0, 0.05) is 44.0 Å². The van der Waals surface area contributed by atoms with Gasteiger partial charge in [0.05, 0.1) is 37.5 Å². The van der Waals surface area contributed by atoms with E-state index in [0.29, 0.717) is 36.8 Å². The largest absolute Gasteiger partial charge is 0.493 e. The van der Waals surface area contributed by atoms with Crippen LogP contribution in [0.25, 0.3) is 11.4 Å². The van der Waals surface area contributed by atoms with Crippen LogP contribution in [0.2, 0.25) is 0 Å². The summed E-state index contributed by atoms with van der Waals surface area (Å²) in [6, 6.07) is 22.6. The Morgan fingerprint density at radius 3 is 2.69 bits per heavy atom. The normalized spacial score (nSPS) is 16.1. The number of hydrogen-bond acceptors (Lipinski definition) is 7. The molecule has 5 rings (SSSR count).